The lowest BCUT2D eigenvalue weighted by Crippen LogP contribution is -2.29. The van der Waals surface area contributed by atoms with E-state index in [4.69, 9.17) is 11.6 Å². The number of benzene rings is 3. The van der Waals surface area contributed by atoms with Gasteiger partial charge in [0.05, 0.1) is 16.5 Å². The second-order valence-corrected chi connectivity index (χ2v) is 10.8. The molecule has 13 heteroatoms. The van der Waals surface area contributed by atoms with Gasteiger partial charge >= 0.3 is 5.91 Å². The highest BCUT2D eigenvalue weighted by molar-refractivity contribution is 8.00. The molecule has 1 aliphatic heterocycles. The van der Waals surface area contributed by atoms with Crippen molar-refractivity contribution in [3.63, 3.8) is 0 Å². The zero-order valence-corrected chi connectivity index (χ0v) is 22.0. The van der Waals surface area contributed by atoms with Crippen LogP contribution in [0.4, 0.5) is 15.2 Å². The minimum absolute atomic E-state index is 0.0975. The Morgan fingerprint density at radius 3 is 2.44 bits per heavy atom. The Labute approximate surface area is 233 Å². The zero-order chi connectivity index (χ0) is 27.7. The number of nitro benzene ring substituents is 1. The number of halogens is 2. The molecule has 1 atom stereocenters. The standard InChI is InChI=1S/C26H16ClFN4O5S2/c27-19-4-2-1-3-16(19)13-38-26-30-29-25(39-26)31-21(14-7-11-18(12-8-14)32(36)37)20(23(34)24(31)35)22(33)15-5-9-17(28)10-6-15/h1-12,21,33H,13H2/b22-20-. The Morgan fingerprint density at radius 1 is 1.08 bits per heavy atom. The van der Waals surface area contributed by atoms with Gasteiger partial charge in [-0.05, 0) is 53.6 Å². The summed E-state index contributed by atoms with van der Waals surface area (Å²) in [6.07, 6.45) is 0. The Morgan fingerprint density at radius 2 is 1.77 bits per heavy atom. The van der Waals surface area contributed by atoms with Crippen LogP contribution >= 0.6 is 34.7 Å². The van der Waals surface area contributed by atoms with Crippen molar-refractivity contribution >= 4 is 63.0 Å². The fourth-order valence-corrected chi connectivity index (χ4v) is 6.15. The molecule has 1 saturated heterocycles. The minimum atomic E-state index is -1.16. The van der Waals surface area contributed by atoms with Crippen LogP contribution in [0.15, 0.2) is 82.7 Å². The summed E-state index contributed by atoms with van der Waals surface area (Å²) in [6, 6.07) is 16.2. The van der Waals surface area contributed by atoms with E-state index in [2.05, 4.69) is 10.2 Å². The summed E-state index contributed by atoms with van der Waals surface area (Å²) in [5.41, 5.74) is 0.870. The van der Waals surface area contributed by atoms with Crippen molar-refractivity contribution in [3.05, 3.63) is 116 Å². The van der Waals surface area contributed by atoms with Crippen LogP contribution in [0.1, 0.15) is 22.7 Å². The number of anilines is 1. The van der Waals surface area contributed by atoms with Crippen molar-refractivity contribution in [2.24, 2.45) is 0 Å². The van der Waals surface area contributed by atoms with Crippen LogP contribution in [0.2, 0.25) is 5.02 Å². The molecule has 1 aromatic heterocycles. The van der Waals surface area contributed by atoms with E-state index in [1.807, 2.05) is 18.2 Å². The Hall–Kier alpha value is -4.13. The molecule has 3 aromatic carbocycles. The predicted molar refractivity (Wildman–Crippen MR) is 145 cm³/mol. The summed E-state index contributed by atoms with van der Waals surface area (Å²) in [5.74, 6) is -2.52. The van der Waals surface area contributed by atoms with E-state index in [1.54, 1.807) is 6.07 Å². The first-order chi connectivity index (χ1) is 18.7. The SMILES string of the molecule is O=C1C(=O)N(c2nnc(SCc3ccccc3Cl)s2)C(c2ccc([N+](=O)[O-])cc2)/C1=C(/O)c1ccc(F)cc1. The van der Waals surface area contributed by atoms with Gasteiger partial charge in [0.1, 0.15) is 11.6 Å². The second kappa shape index (κ2) is 10.9. The molecular weight excluding hydrogens is 567 g/mol. The maximum atomic E-state index is 13.5. The summed E-state index contributed by atoms with van der Waals surface area (Å²) in [7, 11) is 0. The molecule has 1 fully saturated rings. The van der Waals surface area contributed by atoms with Crippen LogP contribution in [0.3, 0.4) is 0 Å². The van der Waals surface area contributed by atoms with E-state index in [1.165, 1.54) is 48.2 Å². The second-order valence-electron chi connectivity index (χ2n) is 8.26. The zero-order valence-electron chi connectivity index (χ0n) is 19.7. The van der Waals surface area contributed by atoms with Crippen LogP contribution in [0.5, 0.6) is 0 Å². The third kappa shape index (κ3) is 5.26. The summed E-state index contributed by atoms with van der Waals surface area (Å²) < 4.78 is 14.0. The first-order valence-electron chi connectivity index (χ1n) is 11.3. The third-order valence-electron chi connectivity index (χ3n) is 5.89. The summed E-state index contributed by atoms with van der Waals surface area (Å²) in [6.45, 7) is 0. The number of amides is 1. The number of thioether (sulfide) groups is 1. The molecule has 39 heavy (non-hydrogen) atoms. The first kappa shape index (κ1) is 26.5. The third-order valence-corrected chi connectivity index (χ3v) is 8.37. The highest BCUT2D eigenvalue weighted by Gasteiger charge is 2.48. The van der Waals surface area contributed by atoms with Gasteiger partial charge in [0, 0.05) is 28.5 Å². The van der Waals surface area contributed by atoms with Crippen LogP contribution in [-0.4, -0.2) is 31.9 Å². The molecule has 5 rings (SSSR count). The van der Waals surface area contributed by atoms with Crippen LogP contribution in [-0.2, 0) is 15.3 Å². The van der Waals surface area contributed by atoms with Gasteiger partial charge in [-0.1, -0.05) is 52.9 Å². The van der Waals surface area contributed by atoms with Gasteiger partial charge in [0.2, 0.25) is 5.13 Å². The number of hydrogen-bond acceptors (Lipinski definition) is 9. The van der Waals surface area contributed by atoms with Gasteiger partial charge in [-0.15, -0.1) is 10.2 Å². The lowest BCUT2D eigenvalue weighted by Gasteiger charge is -2.22. The molecule has 1 amide bonds. The molecule has 196 valence electrons. The van der Waals surface area contributed by atoms with Crippen molar-refractivity contribution < 1.29 is 24.0 Å². The van der Waals surface area contributed by atoms with Crippen LogP contribution in [0, 0.1) is 15.9 Å². The van der Waals surface area contributed by atoms with Crippen molar-refractivity contribution in [3.8, 4) is 0 Å². The number of aliphatic hydroxyl groups excluding tert-OH is 1. The van der Waals surface area contributed by atoms with Crippen molar-refractivity contribution in [1.82, 2.24) is 10.2 Å². The number of aromatic nitrogens is 2. The number of rotatable bonds is 7. The quantitative estimate of drug-likeness (QED) is 0.0522. The maximum absolute atomic E-state index is 13.5. The van der Waals surface area contributed by atoms with E-state index in [-0.39, 0.29) is 22.0 Å². The summed E-state index contributed by atoms with van der Waals surface area (Å²) >= 11 is 8.64. The van der Waals surface area contributed by atoms with Gasteiger partial charge in [-0.25, -0.2) is 4.39 Å². The average molecular weight is 583 g/mol. The number of nitro groups is 1. The van der Waals surface area contributed by atoms with Gasteiger partial charge in [0.15, 0.2) is 4.34 Å². The minimum Gasteiger partial charge on any atom is -0.507 e. The van der Waals surface area contributed by atoms with E-state index in [0.29, 0.717) is 20.7 Å². The van der Waals surface area contributed by atoms with Crippen LogP contribution in [0.25, 0.3) is 5.76 Å². The number of ketones is 1. The normalized spacial score (nSPS) is 16.6. The largest absolute Gasteiger partial charge is 0.507 e. The molecular formula is C26H16ClFN4O5S2. The fraction of sp³-hybridized carbons (Fsp3) is 0.0769. The maximum Gasteiger partial charge on any atom is 0.301 e. The van der Waals surface area contributed by atoms with Gasteiger partial charge in [-0.3, -0.25) is 24.6 Å². The summed E-state index contributed by atoms with van der Waals surface area (Å²) in [4.78, 5) is 38.2. The number of Topliss-reactive ketones (excluding diaryl/α,β-unsaturated/α-hetero) is 1. The molecule has 1 unspecified atom stereocenters. The number of non-ortho nitro benzene ring substituents is 1. The molecule has 9 nitrogen and oxygen atoms in total. The van der Waals surface area contributed by atoms with E-state index in [0.717, 1.165) is 33.9 Å². The van der Waals surface area contributed by atoms with Gasteiger partial charge in [-0.2, -0.15) is 0 Å². The number of hydrogen-bond donors (Lipinski definition) is 1. The predicted octanol–water partition coefficient (Wildman–Crippen LogP) is 6.16. The van der Waals surface area contributed by atoms with E-state index < -0.39 is 34.2 Å². The van der Waals surface area contributed by atoms with Crippen LogP contribution < -0.4 is 4.90 Å². The summed E-state index contributed by atoms with van der Waals surface area (Å²) in [5, 5.41) is 31.2. The topological polar surface area (TPSA) is 127 Å². The molecule has 0 bridgehead atoms. The molecule has 2 heterocycles. The van der Waals surface area contributed by atoms with Crippen molar-refractivity contribution in [2.45, 2.75) is 16.1 Å². The molecule has 4 aromatic rings. The fourth-order valence-electron chi connectivity index (χ4n) is 4.00. The number of carbonyl (C=O) groups is 2. The first-order valence-corrected chi connectivity index (χ1v) is 13.4. The number of carbonyl (C=O) groups excluding carboxylic acids is 2. The monoisotopic (exact) mass is 582 g/mol. The van der Waals surface area contributed by atoms with E-state index >= 15 is 0 Å². The average Bonchev–Trinajstić information content (AvgIpc) is 3.50. The Kier molecular flexibility index (Phi) is 7.42. The lowest BCUT2D eigenvalue weighted by atomic mass is 9.95. The van der Waals surface area contributed by atoms with Crippen molar-refractivity contribution in [2.75, 3.05) is 4.90 Å². The molecule has 0 aliphatic carbocycles. The molecule has 0 spiro atoms. The smallest absolute Gasteiger partial charge is 0.301 e. The lowest BCUT2D eigenvalue weighted by molar-refractivity contribution is -0.384. The molecule has 1 aliphatic rings. The van der Waals surface area contributed by atoms with Crippen molar-refractivity contribution in [1.29, 1.82) is 0 Å². The van der Waals surface area contributed by atoms with Gasteiger partial charge < -0.3 is 5.11 Å². The highest BCUT2D eigenvalue weighted by atomic mass is 35.5. The molecule has 0 saturated carbocycles. The molecule has 0 radical (unpaired) electrons. The Balaban J connectivity index is 1.55. The molecule has 1 N–H and O–H groups in total. The Bertz CT molecular complexity index is 1630. The highest BCUT2D eigenvalue weighted by Crippen LogP contribution is 2.44. The van der Waals surface area contributed by atoms with E-state index in [9.17, 15) is 29.2 Å². The van der Waals surface area contributed by atoms with Gasteiger partial charge in [0.25, 0.3) is 11.5 Å². The number of nitrogens with zero attached hydrogens (tertiary/aromatic N) is 4. The number of aliphatic hydroxyl groups is 1.